The molecule has 1 N–H and O–H groups in total. The fourth-order valence-corrected chi connectivity index (χ4v) is 4.17. The normalized spacial score (nSPS) is 11.5. The smallest absolute Gasteiger partial charge is 0.243 e. The molecule has 0 heterocycles. The fraction of sp³-hybridized carbons (Fsp3) is 0.355. The van der Waals surface area contributed by atoms with Gasteiger partial charge in [0.15, 0.2) is 0 Å². The molecule has 0 aliphatic carbocycles. The van der Waals surface area contributed by atoms with Crippen LogP contribution in [0.5, 0.6) is 5.75 Å². The van der Waals surface area contributed by atoms with Crippen molar-refractivity contribution in [2.45, 2.75) is 45.2 Å². The van der Waals surface area contributed by atoms with Crippen LogP contribution in [0, 0.1) is 0 Å². The molecule has 0 bridgehead atoms. The molecule has 0 aliphatic rings. The van der Waals surface area contributed by atoms with E-state index in [1.807, 2.05) is 91.9 Å². The third-order valence-electron chi connectivity index (χ3n) is 6.22. The van der Waals surface area contributed by atoms with Gasteiger partial charge < -0.3 is 19.7 Å². The van der Waals surface area contributed by atoms with Crippen LogP contribution in [0.4, 0.5) is 0 Å². The number of rotatable bonds is 15. The van der Waals surface area contributed by atoms with Gasteiger partial charge in [-0.1, -0.05) is 72.8 Å². The van der Waals surface area contributed by atoms with Gasteiger partial charge in [-0.3, -0.25) is 9.59 Å². The molecular formula is C31H38N2O4. The van der Waals surface area contributed by atoms with Crippen LogP contribution in [0.3, 0.4) is 0 Å². The van der Waals surface area contributed by atoms with E-state index < -0.39 is 6.04 Å². The van der Waals surface area contributed by atoms with Crippen molar-refractivity contribution in [1.29, 1.82) is 0 Å². The average molecular weight is 503 g/mol. The zero-order valence-electron chi connectivity index (χ0n) is 21.9. The fourth-order valence-electron chi connectivity index (χ4n) is 4.17. The highest BCUT2D eigenvalue weighted by atomic mass is 16.5. The van der Waals surface area contributed by atoms with Crippen molar-refractivity contribution in [2.24, 2.45) is 0 Å². The predicted octanol–water partition coefficient (Wildman–Crippen LogP) is 4.81. The van der Waals surface area contributed by atoms with Crippen LogP contribution in [0.2, 0.25) is 0 Å². The lowest BCUT2D eigenvalue weighted by Gasteiger charge is -2.32. The van der Waals surface area contributed by atoms with Crippen molar-refractivity contribution >= 4 is 11.8 Å². The first-order valence-corrected chi connectivity index (χ1v) is 13.0. The molecule has 3 rings (SSSR count). The highest BCUT2D eigenvalue weighted by molar-refractivity contribution is 5.88. The number of carbonyl (C=O) groups is 2. The van der Waals surface area contributed by atoms with Gasteiger partial charge in [-0.2, -0.15) is 0 Å². The van der Waals surface area contributed by atoms with Gasteiger partial charge in [0.2, 0.25) is 11.8 Å². The molecule has 0 unspecified atom stereocenters. The van der Waals surface area contributed by atoms with Crippen molar-refractivity contribution in [1.82, 2.24) is 10.2 Å². The van der Waals surface area contributed by atoms with E-state index >= 15 is 0 Å². The van der Waals surface area contributed by atoms with E-state index in [0.29, 0.717) is 45.6 Å². The Morgan fingerprint density at radius 2 is 1.51 bits per heavy atom. The molecule has 0 radical (unpaired) electrons. The van der Waals surface area contributed by atoms with Gasteiger partial charge in [-0.15, -0.1) is 0 Å². The third kappa shape index (κ3) is 9.39. The first kappa shape index (κ1) is 27.9. The minimum Gasteiger partial charge on any atom is -0.497 e. The molecule has 3 aromatic carbocycles. The summed E-state index contributed by atoms with van der Waals surface area (Å²) < 4.78 is 10.7. The second-order valence-electron chi connectivity index (χ2n) is 8.90. The molecule has 2 amide bonds. The van der Waals surface area contributed by atoms with Crippen LogP contribution in [-0.4, -0.2) is 49.6 Å². The topological polar surface area (TPSA) is 67.9 Å². The van der Waals surface area contributed by atoms with Crippen LogP contribution >= 0.6 is 0 Å². The lowest BCUT2D eigenvalue weighted by atomic mass is 10.0. The number of benzene rings is 3. The Labute approximate surface area is 220 Å². The Hall–Kier alpha value is -3.64. The summed E-state index contributed by atoms with van der Waals surface area (Å²) in [4.78, 5) is 29.0. The van der Waals surface area contributed by atoms with E-state index in [1.54, 1.807) is 12.0 Å². The Balaban J connectivity index is 1.84. The number of methoxy groups -OCH3 is 1. The predicted molar refractivity (Wildman–Crippen MR) is 146 cm³/mol. The summed E-state index contributed by atoms with van der Waals surface area (Å²) in [6.45, 7) is 4.02. The van der Waals surface area contributed by atoms with E-state index in [4.69, 9.17) is 9.47 Å². The minimum atomic E-state index is -0.639. The van der Waals surface area contributed by atoms with Crippen LogP contribution in [0.1, 0.15) is 36.5 Å². The Bertz CT molecular complexity index is 1070. The maximum Gasteiger partial charge on any atom is 0.243 e. The Kier molecular flexibility index (Phi) is 11.7. The number of amides is 2. The largest absolute Gasteiger partial charge is 0.497 e. The number of aryl methyl sites for hydroxylation is 1. The van der Waals surface area contributed by atoms with Gasteiger partial charge in [-0.05, 0) is 48.6 Å². The summed E-state index contributed by atoms with van der Waals surface area (Å²) in [7, 11) is 1.63. The van der Waals surface area contributed by atoms with E-state index in [1.165, 1.54) is 0 Å². The monoisotopic (exact) mass is 502 g/mol. The first-order valence-electron chi connectivity index (χ1n) is 13.0. The number of nitrogens with one attached hydrogen (secondary N) is 1. The zero-order valence-corrected chi connectivity index (χ0v) is 21.9. The van der Waals surface area contributed by atoms with Gasteiger partial charge in [0.05, 0.1) is 7.11 Å². The standard InChI is InChI=1S/C31H38N2O4/c1-3-37-22-10-21-32-31(35)29(23-26-13-8-5-9-14-26)33(24-27-15-18-28(36-2)19-16-27)30(34)20-17-25-11-6-4-7-12-25/h4-9,11-16,18-19,29H,3,10,17,20-24H2,1-2H3,(H,32,35)/t29-/m1/s1. The summed E-state index contributed by atoms with van der Waals surface area (Å²) >= 11 is 0. The van der Waals surface area contributed by atoms with Gasteiger partial charge in [0.1, 0.15) is 11.8 Å². The van der Waals surface area contributed by atoms with E-state index in [0.717, 1.165) is 28.9 Å². The summed E-state index contributed by atoms with van der Waals surface area (Å²) in [5.74, 6) is 0.547. The summed E-state index contributed by atoms with van der Waals surface area (Å²) in [5.41, 5.74) is 3.05. The van der Waals surface area contributed by atoms with Gasteiger partial charge in [0.25, 0.3) is 0 Å². The van der Waals surface area contributed by atoms with Crippen molar-refractivity contribution < 1.29 is 19.1 Å². The van der Waals surface area contributed by atoms with E-state index in [-0.39, 0.29) is 11.8 Å². The second-order valence-corrected chi connectivity index (χ2v) is 8.90. The van der Waals surface area contributed by atoms with Crippen LogP contribution in [-0.2, 0) is 33.7 Å². The highest BCUT2D eigenvalue weighted by Crippen LogP contribution is 2.19. The van der Waals surface area contributed by atoms with Crippen LogP contribution in [0.15, 0.2) is 84.9 Å². The maximum atomic E-state index is 13.7. The lowest BCUT2D eigenvalue weighted by molar-refractivity contribution is -0.141. The zero-order chi connectivity index (χ0) is 26.3. The van der Waals surface area contributed by atoms with Crippen molar-refractivity contribution in [3.05, 3.63) is 102 Å². The molecule has 0 aliphatic heterocycles. The number of hydrogen-bond donors (Lipinski definition) is 1. The van der Waals surface area contributed by atoms with Gasteiger partial charge >= 0.3 is 0 Å². The van der Waals surface area contributed by atoms with E-state index in [9.17, 15) is 9.59 Å². The Morgan fingerprint density at radius 3 is 2.14 bits per heavy atom. The quantitative estimate of drug-likeness (QED) is 0.303. The number of ether oxygens (including phenoxy) is 2. The summed E-state index contributed by atoms with van der Waals surface area (Å²) in [5, 5.41) is 3.04. The number of hydrogen-bond acceptors (Lipinski definition) is 4. The molecule has 6 nitrogen and oxygen atoms in total. The molecule has 0 saturated carbocycles. The molecule has 0 saturated heterocycles. The third-order valence-corrected chi connectivity index (χ3v) is 6.22. The second kappa shape index (κ2) is 15.5. The molecule has 0 spiro atoms. The van der Waals surface area contributed by atoms with Gasteiger partial charge in [0, 0.05) is 39.1 Å². The first-order chi connectivity index (χ1) is 18.1. The van der Waals surface area contributed by atoms with Crippen molar-refractivity contribution in [3.63, 3.8) is 0 Å². The lowest BCUT2D eigenvalue weighted by Crippen LogP contribution is -2.50. The molecule has 6 heteroatoms. The molecule has 196 valence electrons. The molecule has 3 aromatic rings. The van der Waals surface area contributed by atoms with E-state index in [2.05, 4.69) is 5.32 Å². The molecule has 37 heavy (non-hydrogen) atoms. The summed E-state index contributed by atoms with van der Waals surface area (Å²) in [6.07, 6.45) is 2.10. The van der Waals surface area contributed by atoms with Crippen LogP contribution < -0.4 is 10.1 Å². The molecule has 0 fully saturated rings. The molecular weight excluding hydrogens is 464 g/mol. The number of carbonyl (C=O) groups excluding carboxylic acids is 2. The average Bonchev–Trinajstić information content (AvgIpc) is 2.94. The molecule has 1 atom stereocenters. The van der Waals surface area contributed by atoms with Crippen molar-refractivity contribution in [2.75, 3.05) is 26.9 Å². The SMILES string of the molecule is CCOCCCNC(=O)[C@@H](Cc1ccccc1)N(Cc1ccc(OC)cc1)C(=O)CCc1ccccc1. The van der Waals surface area contributed by atoms with Gasteiger partial charge in [-0.25, -0.2) is 0 Å². The number of nitrogens with zero attached hydrogens (tertiary/aromatic N) is 1. The van der Waals surface area contributed by atoms with Crippen molar-refractivity contribution in [3.8, 4) is 5.75 Å². The highest BCUT2D eigenvalue weighted by Gasteiger charge is 2.30. The Morgan fingerprint density at radius 1 is 0.865 bits per heavy atom. The molecule has 0 aromatic heterocycles. The summed E-state index contributed by atoms with van der Waals surface area (Å²) in [6, 6.07) is 26.8. The maximum absolute atomic E-state index is 13.7. The minimum absolute atomic E-state index is 0.0509. The van der Waals surface area contributed by atoms with Crippen LogP contribution in [0.25, 0.3) is 0 Å².